The minimum Gasteiger partial charge on any atom is -0.324 e. The first-order chi connectivity index (χ1) is 15.0. The van der Waals surface area contributed by atoms with Crippen LogP contribution in [0.25, 0.3) is 22.4 Å². The third-order valence-corrected chi connectivity index (χ3v) is 4.98. The van der Waals surface area contributed by atoms with Gasteiger partial charge in [-0.15, -0.1) is 0 Å². The SMILES string of the molecule is CC(C(=O)Nc1ccccc1-c1ccccc1)n1nc(-c2ccc(F)cc2)ccc1=O. The van der Waals surface area contributed by atoms with Crippen LogP contribution in [0.4, 0.5) is 10.1 Å². The number of anilines is 1. The number of nitrogens with one attached hydrogen (secondary N) is 1. The van der Waals surface area contributed by atoms with E-state index in [1.165, 1.54) is 18.2 Å². The van der Waals surface area contributed by atoms with Crippen molar-refractivity contribution in [3.05, 3.63) is 107 Å². The van der Waals surface area contributed by atoms with Crippen LogP contribution in [-0.4, -0.2) is 15.7 Å². The van der Waals surface area contributed by atoms with Crippen LogP contribution in [0.5, 0.6) is 0 Å². The van der Waals surface area contributed by atoms with Gasteiger partial charge in [0, 0.05) is 22.9 Å². The molecule has 1 N–H and O–H groups in total. The van der Waals surface area contributed by atoms with E-state index < -0.39 is 11.6 Å². The van der Waals surface area contributed by atoms with Crippen molar-refractivity contribution >= 4 is 11.6 Å². The van der Waals surface area contributed by atoms with Crippen molar-refractivity contribution in [2.75, 3.05) is 5.32 Å². The molecule has 4 aromatic rings. The molecule has 0 spiro atoms. The molecule has 31 heavy (non-hydrogen) atoms. The Morgan fingerprint density at radius 2 is 1.55 bits per heavy atom. The third kappa shape index (κ3) is 4.43. The fourth-order valence-electron chi connectivity index (χ4n) is 3.29. The molecule has 5 nitrogen and oxygen atoms in total. The van der Waals surface area contributed by atoms with Crippen LogP contribution in [0, 0.1) is 5.82 Å². The van der Waals surface area contributed by atoms with E-state index in [9.17, 15) is 14.0 Å². The summed E-state index contributed by atoms with van der Waals surface area (Å²) < 4.78 is 14.4. The smallest absolute Gasteiger partial charge is 0.267 e. The lowest BCUT2D eigenvalue weighted by Gasteiger charge is -2.17. The van der Waals surface area contributed by atoms with Crippen LogP contribution in [0.3, 0.4) is 0 Å². The summed E-state index contributed by atoms with van der Waals surface area (Å²) >= 11 is 0. The minimum atomic E-state index is -0.850. The number of para-hydroxylation sites is 1. The molecule has 0 bridgehead atoms. The van der Waals surface area contributed by atoms with Gasteiger partial charge in [-0.1, -0.05) is 48.5 Å². The Labute approximate surface area is 178 Å². The second kappa shape index (κ2) is 8.75. The predicted molar refractivity (Wildman–Crippen MR) is 119 cm³/mol. The number of amides is 1. The Hall–Kier alpha value is -4.06. The summed E-state index contributed by atoms with van der Waals surface area (Å²) in [6.07, 6.45) is 0. The van der Waals surface area contributed by atoms with Gasteiger partial charge in [-0.2, -0.15) is 5.10 Å². The number of benzene rings is 3. The number of carbonyl (C=O) groups excluding carboxylic acids is 1. The molecular formula is C25H20FN3O2. The van der Waals surface area contributed by atoms with Gasteiger partial charge in [0.05, 0.1) is 5.69 Å². The van der Waals surface area contributed by atoms with Gasteiger partial charge in [0.25, 0.3) is 5.56 Å². The van der Waals surface area contributed by atoms with Gasteiger partial charge in [0.1, 0.15) is 11.9 Å². The number of hydrogen-bond donors (Lipinski definition) is 1. The van der Waals surface area contributed by atoms with Crippen LogP contribution in [-0.2, 0) is 4.79 Å². The number of rotatable bonds is 5. The molecular weight excluding hydrogens is 393 g/mol. The molecule has 0 fully saturated rings. The van der Waals surface area contributed by atoms with Crippen molar-refractivity contribution in [2.24, 2.45) is 0 Å². The average molecular weight is 413 g/mol. The highest BCUT2D eigenvalue weighted by atomic mass is 19.1. The first-order valence-corrected chi connectivity index (χ1v) is 9.84. The van der Waals surface area contributed by atoms with Crippen molar-refractivity contribution < 1.29 is 9.18 Å². The second-order valence-corrected chi connectivity index (χ2v) is 7.09. The van der Waals surface area contributed by atoms with E-state index in [0.29, 0.717) is 16.9 Å². The van der Waals surface area contributed by atoms with Crippen molar-refractivity contribution in [2.45, 2.75) is 13.0 Å². The lowest BCUT2D eigenvalue weighted by atomic mass is 10.0. The van der Waals surface area contributed by atoms with Gasteiger partial charge in [0.2, 0.25) is 5.91 Å². The molecule has 0 aliphatic rings. The maximum atomic E-state index is 13.2. The van der Waals surface area contributed by atoms with E-state index >= 15 is 0 Å². The monoisotopic (exact) mass is 413 g/mol. The Morgan fingerprint density at radius 3 is 2.29 bits per heavy atom. The zero-order valence-corrected chi connectivity index (χ0v) is 16.8. The fourth-order valence-corrected chi connectivity index (χ4v) is 3.29. The van der Waals surface area contributed by atoms with E-state index in [2.05, 4.69) is 10.4 Å². The number of carbonyl (C=O) groups is 1. The van der Waals surface area contributed by atoms with Gasteiger partial charge in [-0.05, 0) is 48.9 Å². The van der Waals surface area contributed by atoms with Crippen molar-refractivity contribution in [1.29, 1.82) is 0 Å². The Morgan fingerprint density at radius 1 is 0.871 bits per heavy atom. The van der Waals surface area contributed by atoms with Crippen LogP contribution < -0.4 is 10.9 Å². The molecule has 4 rings (SSSR count). The highest BCUT2D eigenvalue weighted by Gasteiger charge is 2.19. The number of aromatic nitrogens is 2. The zero-order chi connectivity index (χ0) is 21.8. The van der Waals surface area contributed by atoms with Gasteiger partial charge in [-0.3, -0.25) is 9.59 Å². The molecule has 154 valence electrons. The zero-order valence-electron chi connectivity index (χ0n) is 16.8. The number of nitrogens with zero attached hydrogens (tertiary/aromatic N) is 2. The van der Waals surface area contributed by atoms with Gasteiger partial charge in [-0.25, -0.2) is 9.07 Å². The molecule has 1 amide bonds. The van der Waals surface area contributed by atoms with E-state index in [-0.39, 0.29) is 11.7 Å². The minimum absolute atomic E-state index is 0.359. The number of halogens is 1. The lowest BCUT2D eigenvalue weighted by molar-refractivity contribution is -0.119. The van der Waals surface area contributed by atoms with Crippen LogP contribution in [0.2, 0.25) is 0 Å². The Balaban J connectivity index is 1.62. The molecule has 1 heterocycles. The number of hydrogen-bond acceptors (Lipinski definition) is 3. The third-order valence-electron chi connectivity index (χ3n) is 4.98. The average Bonchev–Trinajstić information content (AvgIpc) is 2.80. The van der Waals surface area contributed by atoms with Crippen molar-refractivity contribution in [3.63, 3.8) is 0 Å². The molecule has 0 saturated heterocycles. The molecule has 1 aromatic heterocycles. The normalized spacial score (nSPS) is 11.7. The highest BCUT2D eigenvalue weighted by molar-refractivity contribution is 5.97. The molecule has 0 aliphatic heterocycles. The predicted octanol–water partition coefficient (Wildman–Crippen LogP) is 4.92. The Bertz CT molecular complexity index is 1270. The highest BCUT2D eigenvalue weighted by Crippen LogP contribution is 2.28. The van der Waals surface area contributed by atoms with E-state index in [4.69, 9.17) is 0 Å². The van der Waals surface area contributed by atoms with Gasteiger partial charge >= 0.3 is 0 Å². The molecule has 0 radical (unpaired) electrons. The van der Waals surface area contributed by atoms with E-state index in [1.54, 1.807) is 25.1 Å². The topological polar surface area (TPSA) is 64.0 Å². The summed E-state index contributed by atoms with van der Waals surface area (Å²) in [6.45, 7) is 1.61. The standard InChI is InChI=1S/C25H20FN3O2/c1-17(29-24(30)16-15-22(28-29)19-11-13-20(26)14-12-19)25(31)27-23-10-6-5-9-21(23)18-7-3-2-4-8-18/h2-17H,1H3,(H,27,31). The maximum Gasteiger partial charge on any atom is 0.267 e. The molecule has 1 unspecified atom stereocenters. The summed E-state index contributed by atoms with van der Waals surface area (Å²) in [5.41, 5.74) is 3.22. The summed E-state index contributed by atoms with van der Waals surface area (Å²) in [7, 11) is 0. The van der Waals surface area contributed by atoms with Crippen LogP contribution in [0.15, 0.2) is 95.8 Å². The molecule has 0 aliphatic carbocycles. The maximum absolute atomic E-state index is 13.2. The molecule has 0 saturated carbocycles. The van der Waals surface area contributed by atoms with Crippen molar-refractivity contribution in [3.8, 4) is 22.4 Å². The molecule has 3 aromatic carbocycles. The first-order valence-electron chi connectivity index (χ1n) is 9.84. The molecule has 6 heteroatoms. The van der Waals surface area contributed by atoms with Crippen LogP contribution >= 0.6 is 0 Å². The van der Waals surface area contributed by atoms with Crippen molar-refractivity contribution in [1.82, 2.24) is 9.78 Å². The largest absolute Gasteiger partial charge is 0.324 e. The second-order valence-electron chi connectivity index (χ2n) is 7.09. The Kier molecular flexibility index (Phi) is 5.71. The molecule has 1 atom stereocenters. The quantitative estimate of drug-likeness (QED) is 0.505. The van der Waals surface area contributed by atoms with E-state index in [1.807, 2.05) is 54.6 Å². The first kappa shape index (κ1) is 20.2. The van der Waals surface area contributed by atoms with Crippen LogP contribution in [0.1, 0.15) is 13.0 Å². The van der Waals surface area contributed by atoms with Gasteiger partial charge < -0.3 is 5.32 Å². The fraction of sp³-hybridized carbons (Fsp3) is 0.0800. The lowest BCUT2D eigenvalue weighted by Crippen LogP contribution is -2.33. The van der Waals surface area contributed by atoms with Gasteiger partial charge in [0.15, 0.2) is 0 Å². The van der Waals surface area contributed by atoms with E-state index in [0.717, 1.165) is 15.8 Å². The summed E-state index contributed by atoms with van der Waals surface area (Å²) in [5.74, 6) is -0.726. The summed E-state index contributed by atoms with van der Waals surface area (Å²) in [6, 6.07) is 25.1. The summed E-state index contributed by atoms with van der Waals surface area (Å²) in [4.78, 5) is 25.4. The summed E-state index contributed by atoms with van der Waals surface area (Å²) in [5, 5.41) is 7.25.